The highest BCUT2D eigenvalue weighted by Gasteiger charge is 2.35. The van der Waals surface area contributed by atoms with Crippen molar-refractivity contribution >= 4 is 17.5 Å². The van der Waals surface area contributed by atoms with Gasteiger partial charge < -0.3 is 4.90 Å². The Bertz CT molecular complexity index is 686. The lowest BCUT2D eigenvalue weighted by molar-refractivity contribution is -0.157. The van der Waals surface area contributed by atoms with Gasteiger partial charge >= 0.3 is 6.18 Å². The Kier molecular flexibility index (Phi) is 6.33. The molecule has 0 radical (unpaired) electrons. The number of alkyl halides is 3. The van der Waals surface area contributed by atoms with Crippen LogP contribution in [0.5, 0.6) is 0 Å². The Labute approximate surface area is 148 Å². The van der Waals surface area contributed by atoms with Crippen molar-refractivity contribution < 1.29 is 27.2 Å². The smallest absolute Gasteiger partial charge is 0.328 e. The van der Waals surface area contributed by atoms with Crippen LogP contribution in [0.15, 0.2) is 29.4 Å². The van der Waals surface area contributed by atoms with Gasteiger partial charge in [-0.2, -0.15) is 18.3 Å². The van der Waals surface area contributed by atoms with Crippen LogP contribution in [0, 0.1) is 5.82 Å². The van der Waals surface area contributed by atoms with E-state index in [9.17, 15) is 27.2 Å². The van der Waals surface area contributed by atoms with Crippen LogP contribution in [0.25, 0.3) is 0 Å². The number of rotatable bonds is 6. The van der Waals surface area contributed by atoms with Gasteiger partial charge in [0.05, 0.1) is 6.54 Å². The second-order valence-corrected chi connectivity index (χ2v) is 5.97. The first-order valence-electron chi connectivity index (χ1n) is 8.18. The number of hydrogen-bond acceptors (Lipinski definition) is 3. The van der Waals surface area contributed by atoms with E-state index < -0.39 is 24.4 Å². The normalized spacial score (nSPS) is 15.0. The average Bonchev–Trinajstić information content (AvgIpc) is 2.56. The van der Waals surface area contributed by atoms with Crippen molar-refractivity contribution in [2.75, 3.05) is 13.1 Å². The minimum atomic E-state index is -4.51. The lowest BCUT2D eigenvalue weighted by atomic mass is 10.1. The molecule has 1 aliphatic rings. The third-order valence-electron chi connectivity index (χ3n) is 3.75. The molecule has 0 aromatic heterocycles. The number of hydrazone groups is 1. The fourth-order valence-corrected chi connectivity index (χ4v) is 2.56. The molecule has 142 valence electrons. The summed E-state index contributed by atoms with van der Waals surface area (Å²) in [6, 6.07) is 5.40. The molecule has 1 aromatic rings. The molecular weight excluding hydrogens is 354 g/mol. The third kappa shape index (κ3) is 5.53. The van der Waals surface area contributed by atoms with Crippen molar-refractivity contribution in [2.24, 2.45) is 5.10 Å². The Hall–Kier alpha value is -2.45. The molecule has 1 aliphatic heterocycles. The Balaban J connectivity index is 2.17. The maximum atomic E-state index is 13.0. The van der Waals surface area contributed by atoms with E-state index in [1.807, 2.05) is 0 Å². The molecular formula is C17H19F4N3O2. The van der Waals surface area contributed by atoms with Gasteiger partial charge in [-0.1, -0.05) is 19.1 Å². The zero-order valence-electron chi connectivity index (χ0n) is 14.2. The molecule has 0 N–H and O–H groups in total. The van der Waals surface area contributed by atoms with Crippen LogP contribution in [0.4, 0.5) is 17.6 Å². The molecule has 0 unspecified atom stereocenters. The van der Waals surface area contributed by atoms with Crippen LogP contribution in [-0.2, 0) is 16.1 Å². The highest BCUT2D eigenvalue weighted by atomic mass is 19.4. The van der Waals surface area contributed by atoms with Crippen LogP contribution in [-0.4, -0.2) is 46.7 Å². The largest absolute Gasteiger partial charge is 0.406 e. The maximum absolute atomic E-state index is 13.0. The number of hydrogen-bond donors (Lipinski definition) is 0. The predicted octanol–water partition coefficient (Wildman–Crippen LogP) is 3.11. The number of carbonyl (C=O) groups excluding carboxylic acids is 2. The molecule has 9 heteroatoms. The van der Waals surface area contributed by atoms with Gasteiger partial charge in [0.15, 0.2) is 0 Å². The molecule has 2 rings (SSSR count). The van der Waals surface area contributed by atoms with E-state index in [0.29, 0.717) is 16.9 Å². The van der Waals surface area contributed by atoms with E-state index in [4.69, 9.17) is 0 Å². The van der Waals surface area contributed by atoms with E-state index in [2.05, 4.69) is 5.10 Å². The zero-order chi connectivity index (χ0) is 19.3. The molecule has 0 saturated heterocycles. The SMILES string of the molecule is CCCN(CC(F)(F)F)C(=O)C1=NN(Cc2ccc(F)cc2)C(=O)CC1. The van der Waals surface area contributed by atoms with E-state index in [0.717, 1.165) is 5.01 Å². The third-order valence-corrected chi connectivity index (χ3v) is 3.75. The highest BCUT2D eigenvalue weighted by molar-refractivity contribution is 6.39. The van der Waals surface area contributed by atoms with Crippen molar-refractivity contribution in [3.05, 3.63) is 35.6 Å². The fourth-order valence-electron chi connectivity index (χ4n) is 2.56. The summed E-state index contributed by atoms with van der Waals surface area (Å²) in [4.78, 5) is 25.1. The Morgan fingerprint density at radius 1 is 1.23 bits per heavy atom. The summed E-state index contributed by atoms with van der Waals surface area (Å²) in [5.74, 6) is -1.59. The van der Waals surface area contributed by atoms with Crippen LogP contribution in [0.3, 0.4) is 0 Å². The standard InChI is InChI=1S/C17H19F4N3O2/c1-2-9-23(11-17(19,20)21)16(26)14-7-8-15(25)24(22-14)10-12-3-5-13(18)6-4-12/h3-6H,2,7-11H2,1H3. The van der Waals surface area contributed by atoms with Crippen molar-refractivity contribution in [3.8, 4) is 0 Å². The second-order valence-electron chi connectivity index (χ2n) is 5.97. The summed E-state index contributed by atoms with van der Waals surface area (Å²) < 4.78 is 51.0. The lowest BCUT2D eigenvalue weighted by Gasteiger charge is -2.27. The first-order chi connectivity index (χ1) is 12.2. The predicted molar refractivity (Wildman–Crippen MR) is 86.5 cm³/mol. The van der Waals surface area contributed by atoms with E-state index >= 15 is 0 Å². The molecule has 5 nitrogen and oxygen atoms in total. The van der Waals surface area contributed by atoms with Gasteiger partial charge in [-0.25, -0.2) is 9.40 Å². The summed E-state index contributed by atoms with van der Waals surface area (Å²) in [6.45, 7) is 0.278. The Morgan fingerprint density at radius 3 is 2.46 bits per heavy atom. The molecule has 1 heterocycles. The van der Waals surface area contributed by atoms with Crippen LogP contribution < -0.4 is 0 Å². The lowest BCUT2D eigenvalue weighted by Crippen LogP contribution is -2.45. The summed E-state index contributed by atoms with van der Waals surface area (Å²) in [7, 11) is 0. The summed E-state index contributed by atoms with van der Waals surface area (Å²) in [5, 5.41) is 5.01. The summed E-state index contributed by atoms with van der Waals surface area (Å²) in [5.41, 5.74) is 0.516. The van der Waals surface area contributed by atoms with Gasteiger partial charge in [-0.15, -0.1) is 0 Å². The maximum Gasteiger partial charge on any atom is 0.406 e. The van der Waals surface area contributed by atoms with Gasteiger partial charge in [-0.3, -0.25) is 9.59 Å². The van der Waals surface area contributed by atoms with Crippen LogP contribution >= 0.6 is 0 Å². The number of benzene rings is 1. The van der Waals surface area contributed by atoms with E-state index in [-0.39, 0.29) is 37.6 Å². The average molecular weight is 373 g/mol. The first-order valence-corrected chi connectivity index (χ1v) is 8.18. The van der Waals surface area contributed by atoms with Gasteiger partial charge in [-0.05, 0) is 24.1 Å². The number of amides is 2. The molecule has 1 aromatic carbocycles. The molecule has 0 fully saturated rings. The number of halogens is 4. The van der Waals surface area contributed by atoms with Crippen molar-refractivity contribution in [2.45, 2.75) is 38.9 Å². The van der Waals surface area contributed by atoms with Crippen LogP contribution in [0.2, 0.25) is 0 Å². The second kappa shape index (κ2) is 8.29. The van der Waals surface area contributed by atoms with Crippen molar-refractivity contribution in [1.82, 2.24) is 9.91 Å². The minimum Gasteiger partial charge on any atom is -0.328 e. The van der Waals surface area contributed by atoms with Crippen LogP contribution in [0.1, 0.15) is 31.7 Å². The summed E-state index contributed by atoms with van der Waals surface area (Å²) >= 11 is 0. The highest BCUT2D eigenvalue weighted by Crippen LogP contribution is 2.19. The Morgan fingerprint density at radius 2 is 1.88 bits per heavy atom. The fraction of sp³-hybridized carbons (Fsp3) is 0.471. The van der Waals surface area contributed by atoms with Gasteiger partial charge in [0.1, 0.15) is 18.1 Å². The summed E-state index contributed by atoms with van der Waals surface area (Å²) in [6.07, 6.45) is -4.16. The molecule has 2 amide bonds. The van der Waals surface area contributed by atoms with Gasteiger partial charge in [0.2, 0.25) is 5.91 Å². The molecule has 0 bridgehead atoms. The molecule has 0 spiro atoms. The molecule has 0 saturated carbocycles. The number of nitrogens with zero attached hydrogens (tertiary/aromatic N) is 3. The zero-order valence-corrected chi connectivity index (χ0v) is 14.2. The first kappa shape index (κ1) is 19.9. The van der Waals surface area contributed by atoms with E-state index in [1.165, 1.54) is 24.3 Å². The number of carbonyl (C=O) groups is 2. The minimum absolute atomic E-state index is 0.00431. The molecule has 26 heavy (non-hydrogen) atoms. The molecule has 0 aliphatic carbocycles. The van der Waals surface area contributed by atoms with Gasteiger partial charge in [0, 0.05) is 19.4 Å². The monoisotopic (exact) mass is 373 g/mol. The van der Waals surface area contributed by atoms with E-state index in [1.54, 1.807) is 6.92 Å². The quantitative estimate of drug-likeness (QED) is 0.720. The topological polar surface area (TPSA) is 53.0 Å². The van der Waals surface area contributed by atoms with Crippen molar-refractivity contribution in [3.63, 3.8) is 0 Å². The van der Waals surface area contributed by atoms with Crippen molar-refractivity contribution in [1.29, 1.82) is 0 Å². The van der Waals surface area contributed by atoms with Gasteiger partial charge in [0.25, 0.3) is 5.91 Å². The molecule has 0 atom stereocenters.